The Morgan fingerprint density at radius 3 is 3.06 bits per heavy atom. The molecule has 0 aliphatic carbocycles. The number of hydrogen-bond donors (Lipinski definition) is 3. The molecule has 0 radical (unpaired) electrons. The number of ether oxygens (including phenoxy) is 1. The maximum atomic E-state index is 12.1. The Kier molecular flexibility index (Phi) is 8.63. The van der Waals surface area contributed by atoms with Gasteiger partial charge >= 0.3 is 0 Å². The van der Waals surface area contributed by atoms with E-state index in [9.17, 15) is 15.1 Å². The van der Waals surface area contributed by atoms with Crippen LogP contribution in [0.3, 0.4) is 0 Å². The van der Waals surface area contributed by atoms with E-state index in [-0.39, 0.29) is 12.5 Å². The second-order valence-corrected chi connectivity index (χ2v) is 7.92. The van der Waals surface area contributed by atoms with Crippen LogP contribution in [-0.2, 0) is 13.0 Å². The average molecular weight is 429 g/mol. The number of nitrogens with zero attached hydrogens (tertiary/aromatic N) is 2. The minimum atomic E-state index is -0.271. The number of rotatable bonds is 10. The number of aliphatic hydroxyl groups is 1. The first kappa shape index (κ1) is 23.0. The summed E-state index contributed by atoms with van der Waals surface area (Å²) >= 11 is 0. The zero-order valence-electron chi connectivity index (χ0n) is 18.0. The molecule has 1 atom stereocenters. The van der Waals surface area contributed by atoms with Crippen LogP contribution in [0, 0.1) is 5.21 Å². The number of pyridine rings is 1. The zero-order chi connectivity index (χ0) is 22.1. The molecule has 168 valence electrons. The molecule has 2 heterocycles. The molecular weight excluding hydrogens is 396 g/mol. The molecular formula is C23H32N4O4. The maximum Gasteiger partial charge on any atom is 0.257 e. The Morgan fingerprint density at radius 1 is 1.42 bits per heavy atom. The standard InChI is InChI=1S/C23H32N4O4/c1-18-15-26(11-9-24-18)16-21-14-19(7-12-28)5-6-22(21)31-13-3-8-25-23(29)20-4-2-10-27(30)17-20/h2,4-6,10,14,17-18,24,28H,3,7-9,11-13,15-16H2,1H3,(H,25,29). The highest BCUT2D eigenvalue weighted by atomic mass is 16.5. The van der Waals surface area contributed by atoms with Crippen LogP contribution in [0.25, 0.3) is 0 Å². The highest BCUT2D eigenvalue weighted by Crippen LogP contribution is 2.23. The fraction of sp³-hybridized carbons (Fsp3) is 0.478. The van der Waals surface area contributed by atoms with E-state index in [1.807, 2.05) is 12.1 Å². The van der Waals surface area contributed by atoms with Gasteiger partial charge < -0.3 is 25.7 Å². The number of nitrogens with one attached hydrogen (secondary N) is 2. The molecule has 2 aromatic rings. The molecule has 1 aromatic carbocycles. The van der Waals surface area contributed by atoms with Gasteiger partial charge in [-0.2, -0.15) is 4.73 Å². The Balaban J connectivity index is 1.52. The van der Waals surface area contributed by atoms with Gasteiger partial charge in [-0.3, -0.25) is 9.69 Å². The quantitative estimate of drug-likeness (QED) is 0.295. The van der Waals surface area contributed by atoms with Gasteiger partial charge in [0.2, 0.25) is 0 Å². The molecule has 1 fully saturated rings. The first-order valence-corrected chi connectivity index (χ1v) is 10.8. The number of benzene rings is 1. The van der Waals surface area contributed by atoms with E-state index in [0.29, 0.717) is 42.3 Å². The minimum Gasteiger partial charge on any atom is -0.619 e. The predicted molar refractivity (Wildman–Crippen MR) is 118 cm³/mol. The maximum absolute atomic E-state index is 12.1. The summed E-state index contributed by atoms with van der Waals surface area (Å²) in [5, 5.41) is 26.8. The van der Waals surface area contributed by atoms with Gasteiger partial charge in [0.15, 0.2) is 12.4 Å². The summed E-state index contributed by atoms with van der Waals surface area (Å²) in [6, 6.07) is 9.70. The average Bonchev–Trinajstić information content (AvgIpc) is 2.75. The number of piperazine rings is 1. The molecule has 0 bridgehead atoms. The molecule has 31 heavy (non-hydrogen) atoms. The largest absolute Gasteiger partial charge is 0.619 e. The normalized spacial score (nSPS) is 16.8. The third kappa shape index (κ3) is 7.20. The van der Waals surface area contributed by atoms with E-state index in [0.717, 1.165) is 43.1 Å². The first-order chi connectivity index (χ1) is 15.0. The fourth-order valence-electron chi connectivity index (χ4n) is 3.73. The summed E-state index contributed by atoms with van der Waals surface area (Å²) in [5.41, 5.74) is 2.55. The predicted octanol–water partition coefficient (Wildman–Crippen LogP) is 0.847. The Bertz CT molecular complexity index is 861. The van der Waals surface area contributed by atoms with Gasteiger partial charge in [0, 0.05) is 57.0 Å². The van der Waals surface area contributed by atoms with E-state index >= 15 is 0 Å². The van der Waals surface area contributed by atoms with Gasteiger partial charge in [0.05, 0.1) is 6.61 Å². The van der Waals surface area contributed by atoms with Crippen LogP contribution in [0.1, 0.15) is 34.8 Å². The topological polar surface area (TPSA) is 101 Å². The highest BCUT2D eigenvalue weighted by Gasteiger charge is 2.17. The molecule has 3 rings (SSSR count). The van der Waals surface area contributed by atoms with E-state index in [4.69, 9.17) is 4.74 Å². The summed E-state index contributed by atoms with van der Waals surface area (Å²) in [7, 11) is 0. The van der Waals surface area contributed by atoms with Crippen molar-refractivity contribution in [3.63, 3.8) is 0 Å². The van der Waals surface area contributed by atoms with Crippen molar-refractivity contribution in [3.8, 4) is 5.75 Å². The molecule has 0 spiro atoms. The van der Waals surface area contributed by atoms with Gasteiger partial charge in [-0.25, -0.2) is 0 Å². The molecule has 1 aromatic heterocycles. The minimum absolute atomic E-state index is 0.123. The molecule has 1 aliphatic rings. The molecule has 3 N–H and O–H groups in total. The SMILES string of the molecule is CC1CN(Cc2cc(CCO)ccc2OCCCNC(=O)c2ccc[n+]([O-])c2)CCN1. The van der Waals surface area contributed by atoms with Crippen LogP contribution in [-0.4, -0.2) is 61.3 Å². The zero-order valence-corrected chi connectivity index (χ0v) is 18.0. The van der Waals surface area contributed by atoms with Crippen LogP contribution in [0.15, 0.2) is 42.7 Å². The van der Waals surface area contributed by atoms with Crippen molar-refractivity contribution in [1.29, 1.82) is 0 Å². The number of hydrogen-bond acceptors (Lipinski definition) is 6. The van der Waals surface area contributed by atoms with Gasteiger partial charge in [0.25, 0.3) is 5.91 Å². The lowest BCUT2D eigenvalue weighted by Crippen LogP contribution is -2.48. The molecule has 8 heteroatoms. The smallest absolute Gasteiger partial charge is 0.257 e. The van der Waals surface area contributed by atoms with E-state index in [1.165, 1.54) is 12.4 Å². The van der Waals surface area contributed by atoms with Crippen LogP contribution in [0.2, 0.25) is 0 Å². The van der Waals surface area contributed by atoms with Crippen molar-refractivity contribution >= 4 is 5.91 Å². The van der Waals surface area contributed by atoms with E-state index in [1.54, 1.807) is 12.1 Å². The van der Waals surface area contributed by atoms with Crippen molar-refractivity contribution in [2.45, 2.75) is 32.4 Å². The second-order valence-electron chi connectivity index (χ2n) is 7.92. The number of aromatic nitrogens is 1. The Hall–Kier alpha value is -2.68. The third-order valence-corrected chi connectivity index (χ3v) is 5.27. The lowest BCUT2D eigenvalue weighted by molar-refractivity contribution is -0.605. The molecule has 1 unspecified atom stereocenters. The van der Waals surface area contributed by atoms with Crippen molar-refractivity contribution < 1.29 is 19.4 Å². The van der Waals surface area contributed by atoms with Crippen molar-refractivity contribution in [2.75, 3.05) is 39.4 Å². The number of carbonyl (C=O) groups is 1. The van der Waals surface area contributed by atoms with Gasteiger partial charge in [-0.05, 0) is 37.5 Å². The monoisotopic (exact) mass is 428 g/mol. The van der Waals surface area contributed by atoms with Gasteiger partial charge in [-0.15, -0.1) is 0 Å². The number of carbonyl (C=O) groups excluding carboxylic acids is 1. The van der Waals surface area contributed by atoms with Gasteiger partial charge in [-0.1, -0.05) is 12.1 Å². The summed E-state index contributed by atoms with van der Waals surface area (Å²) < 4.78 is 6.65. The molecule has 0 saturated carbocycles. The van der Waals surface area contributed by atoms with E-state index in [2.05, 4.69) is 28.5 Å². The lowest BCUT2D eigenvalue weighted by atomic mass is 10.1. The van der Waals surface area contributed by atoms with E-state index < -0.39 is 0 Å². The Morgan fingerprint density at radius 2 is 2.29 bits per heavy atom. The molecule has 8 nitrogen and oxygen atoms in total. The third-order valence-electron chi connectivity index (χ3n) is 5.27. The molecule has 1 aliphatic heterocycles. The van der Waals surface area contributed by atoms with Crippen LogP contribution in [0.4, 0.5) is 0 Å². The molecule has 1 amide bonds. The summed E-state index contributed by atoms with van der Waals surface area (Å²) in [4.78, 5) is 14.5. The fourth-order valence-corrected chi connectivity index (χ4v) is 3.73. The van der Waals surface area contributed by atoms with Crippen molar-refractivity contribution in [2.24, 2.45) is 0 Å². The first-order valence-electron chi connectivity index (χ1n) is 10.8. The van der Waals surface area contributed by atoms with Crippen molar-refractivity contribution in [1.82, 2.24) is 15.5 Å². The summed E-state index contributed by atoms with van der Waals surface area (Å²) in [6.45, 7) is 6.99. The molecule has 1 saturated heterocycles. The second kappa shape index (κ2) is 11.6. The van der Waals surface area contributed by atoms with Crippen LogP contribution < -0.4 is 20.1 Å². The van der Waals surface area contributed by atoms with Crippen LogP contribution >= 0.6 is 0 Å². The number of aliphatic hydroxyl groups excluding tert-OH is 1. The highest BCUT2D eigenvalue weighted by molar-refractivity contribution is 5.93. The van der Waals surface area contributed by atoms with Crippen molar-refractivity contribution in [3.05, 3.63) is 64.6 Å². The number of amides is 1. The Labute approximate surface area is 183 Å². The summed E-state index contributed by atoms with van der Waals surface area (Å²) in [5.74, 6) is 0.571. The van der Waals surface area contributed by atoms with Crippen LogP contribution in [0.5, 0.6) is 5.75 Å². The lowest BCUT2D eigenvalue weighted by Gasteiger charge is -2.32. The summed E-state index contributed by atoms with van der Waals surface area (Å²) in [6.07, 6.45) is 3.87. The van der Waals surface area contributed by atoms with Gasteiger partial charge in [0.1, 0.15) is 11.3 Å².